The lowest BCUT2D eigenvalue weighted by molar-refractivity contribution is -0.150. The summed E-state index contributed by atoms with van der Waals surface area (Å²) in [5, 5.41) is 6.05. The van der Waals surface area contributed by atoms with Crippen molar-refractivity contribution < 1.29 is 28.6 Å². The summed E-state index contributed by atoms with van der Waals surface area (Å²) >= 11 is 1.50. The van der Waals surface area contributed by atoms with Gasteiger partial charge in [0.15, 0.2) is 6.10 Å². The Morgan fingerprint density at radius 3 is 2.39 bits per heavy atom. The van der Waals surface area contributed by atoms with Crippen molar-refractivity contribution in [2.24, 2.45) is 5.92 Å². The Labute approximate surface area is 247 Å². The molecule has 3 rings (SSSR count). The molecule has 1 heterocycles. The van der Waals surface area contributed by atoms with E-state index in [9.17, 15) is 14.4 Å². The Balaban J connectivity index is 1.77. The molecule has 2 aromatic rings. The van der Waals surface area contributed by atoms with Crippen LogP contribution in [0.3, 0.4) is 0 Å². The highest BCUT2D eigenvalue weighted by atomic mass is 32.1. The zero-order chi connectivity index (χ0) is 29.8. The molecule has 8 nitrogen and oxygen atoms in total. The third-order valence-electron chi connectivity index (χ3n) is 6.84. The van der Waals surface area contributed by atoms with Crippen LogP contribution in [0.25, 0.3) is 6.08 Å². The van der Waals surface area contributed by atoms with Crippen molar-refractivity contribution in [2.45, 2.75) is 85.3 Å². The van der Waals surface area contributed by atoms with Gasteiger partial charge in [-0.3, -0.25) is 4.79 Å². The van der Waals surface area contributed by atoms with Gasteiger partial charge in [0.05, 0.1) is 24.9 Å². The number of thiazole rings is 1. The Kier molecular flexibility index (Phi) is 12.6. The van der Waals surface area contributed by atoms with Crippen LogP contribution in [-0.4, -0.2) is 42.1 Å². The summed E-state index contributed by atoms with van der Waals surface area (Å²) < 4.78 is 15.8. The van der Waals surface area contributed by atoms with E-state index in [0.29, 0.717) is 31.0 Å². The summed E-state index contributed by atoms with van der Waals surface area (Å²) in [6, 6.07) is 7.23. The second kappa shape index (κ2) is 16.1. The average molecular weight is 583 g/mol. The third kappa shape index (κ3) is 10.1. The average Bonchev–Trinajstić information content (AvgIpc) is 3.42. The Morgan fingerprint density at radius 1 is 1.05 bits per heavy atom. The second-order valence-corrected chi connectivity index (χ2v) is 11.2. The van der Waals surface area contributed by atoms with Crippen molar-refractivity contribution in [1.29, 1.82) is 0 Å². The van der Waals surface area contributed by atoms with Gasteiger partial charge in [-0.1, -0.05) is 31.4 Å². The maximum Gasteiger partial charge on any atom is 0.347 e. The monoisotopic (exact) mass is 582 g/mol. The lowest BCUT2D eigenvalue weighted by Crippen LogP contribution is -2.35. The predicted molar refractivity (Wildman–Crippen MR) is 160 cm³/mol. The first-order valence-corrected chi connectivity index (χ1v) is 15.3. The molecule has 1 aliphatic carbocycles. The van der Waals surface area contributed by atoms with Crippen LogP contribution in [0.15, 0.2) is 46.9 Å². The van der Waals surface area contributed by atoms with Gasteiger partial charge in [-0.25, -0.2) is 14.6 Å². The number of amides is 1. The first kappa shape index (κ1) is 32.1. The minimum absolute atomic E-state index is 0.0314. The highest BCUT2D eigenvalue weighted by Gasteiger charge is 2.26. The van der Waals surface area contributed by atoms with Gasteiger partial charge in [-0.15, -0.1) is 11.3 Å². The van der Waals surface area contributed by atoms with Crippen LogP contribution >= 0.6 is 11.3 Å². The minimum atomic E-state index is -0.704. The number of carbonyl (C=O) groups excluding carboxylic acids is 3. The Morgan fingerprint density at radius 2 is 1.73 bits per heavy atom. The van der Waals surface area contributed by atoms with E-state index in [-0.39, 0.29) is 23.8 Å². The molecule has 1 unspecified atom stereocenters. The lowest BCUT2D eigenvalue weighted by atomic mass is 9.88. The van der Waals surface area contributed by atoms with E-state index >= 15 is 0 Å². The van der Waals surface area contributed by atoms with Crippen LogP contribution in [0.1, 0.15) is 89.0 Å². The highest BCUT2D eigenvalue weighted by molar-refractivity contribution is 7.09. The number of nitrogens with one attached hydrogen (secondary N) is 1. The van der Waals surface area contributed by atoms with Gasteiger partial charge in [0.25, 0.3) is 0 Å². The number of hydrogen-bond acceptors (Lipinski definition) is 8. The fourth-order valence-electron chi connectivity index (χ4n) is 4.75. The van der Waals surface area contributed by atoms with E-state index in [1.54, 1.807) is 33.8 Å². The Hall–Kier alpha value is -3.46. The van der Waals surface area contributed by atoms with Crippen molar-refractivity contribution in [3.8, 4) is 5.75 Å². The van der Waals surface area contributed by atoms with E-state index < -0.39 is 12.1 Å². The Bertz CT molecular complexity index is 1230. The maximum absolute atomic E-state index is 13.2. The van der Waals surface area contributed by atoms with Crippen LogP contribution in [0.4, 0.5) is 0 Å². The van der Waals surface area contributed by atoms with Crippen molar-refractivity contribution >= 4 is 35.3 Å². The molecular weight excluding hydrogens is 540 g/mol. The lowest BCUT2D eigenvalue weighted by Gasteiger charge is -2.24. The van der Waals surface area contributed by atoms with E-state index in [0.717, 1.165) is 47.5 Å². The quantitative estimate of drug-likeness (QED) is 0.166. The van der Waals surface area contributed by atoms with Crippen LogP contribution in [-0.2, 0) is 30.3 Å². The van der Waals surface area contributed by atoms with Gasteiger partial charge in [0, 0.05) is 16.9 Å². The predicted octanol–water partition coefficient (Wildman–Crippen LogP) is 6.37. The third-order valence-corrected chi connectivity index (χ3v) is 7.82. The molecule has 1 amide bonds. The summed E-state index contributed by atoms with van der Waals surface area (Å²) in [4.78, 5) is 41.9. The SMILES string of the molecule is CCOC(=O)C(C)=CC(C)=Cc1csc([C@H](Cc2ccc(OC(C)C(=O)OCC)cc2)NC(=O)C2CCCCC2)n1. The fourth-order valence-corrected chi connectivity index (χ4v) is 5.58. The number of aromatic nitrogens is 1. The molecule has 41 heavy (non-hydrogen) atoms. The number of esters is 2. The van der Waals surface area contributed by atoms with Gasteiger partial charge in [-0.05, 0) is 89.3 Å². The molecule has 0 saturated heterocycles. The maximum atomic E-state index is 13.2. The molecule has 2 atom stereocenters. The minimum Gasteiger partial charge on any atom is -0.479 e. The molecule has 0 radical (unpaired) electrons. The molecule has 1 N–H and O–H groups in total. The number of allylic oxidation sites excluding steroid dienone is 2. The molecule has 0 aliphatic heterocycles. The molecule has 1 saturated carbocycles. The summed E-state index contributed by atoms with van der Waals surface area (Å²) in [6.45, 7) is 9.48. The van der Waals surface area contributed by atoms with Gasteiger partial charge < -0.3 is 19.5 Å². The molecule has 222 valence electrons. The van der Waals surface area contributed by atoms with Gasteiger partial charge in [0.2, 0.25) is 5.91 Å². The molecule has 1 fully saturated rings. The second-order valence-electron chi connectivity index (χ2n) is 10.3. The van der Waals surface area contributed by atoms with Crippen LogP contribution in [0.5, 0.6) is 5.75 Å². The number of rotatable bonds is 13. The largest absolute Gasteiger partial charge is 0.479 e. The van der Waals surface area contributed by atoms with Crippen molar-refractivity contribution in [3.05, 3.63) is 63.1 Å². The molecule has 0 bridgehead atoms. The van der Waals surface area contributed by atoms with Gasteiger partial charge >= 0.3 is 11.9 Å². The van der Waals surface area contributed by atoms with Crippen molar-refractivity contribution in [1.82, 2.24) is 10.3 Å². The summed E-state index contributed by atoms with van der Waals surface area (Å²) in [7, 11) is 0. The van der Waals surface area contributed by atoms with Crippen LogP contribution in [0.2, 0.25) is 0 Å². The number of nitrogens with zero attached hydrogens (tertiary/aromatic N) is 1. The topological polar surface area (TPSA) is 104 Å². The molecular formula is C32H42N2O6S. The molecule has 1 aliphatic rings. The van der Waals surface area contributed by atoms with E-state index in [4.69, 9.17) is 19.2 Å². The zero-order valence-electron chi connectivity index (χ0n) is 24.7. The summed E-state index contributed by atoms with van der Waals surface area (Å²) in [5.74, 6) is -0.0623. The van der Waals surface area contributed by atoms with Gasteiger partial charge in [-0.2, -0.15) is 0 Å². The first-order chi connectivity index (χ1) is 19.7. The number of benzene rings is 1. The molecule has 1 aromatic heterocycles. The van der Waals surface area contributed by atoms with Crippen LogP contribution < -0.4 is 10.1 Å². The highest BCUT2D eigenvalue weighted by Crippen LogP contribution is 2.28. The van der Waals surface area contributed by atoms with Crippen molar-refractivity contribution in [2.75, 3.05) is 13.2 Å². The number of carbonyl (C=O) groups is 3. The number of hydrogen-bond donors (Lipinski definition) is 1. The smallest absolute Gasteiger partial charge is 0.347 e. The molecule has 1 aromatic carbocycles. The summed E-state index contributed by atoms with van der Waals surface area (Å²) in [5.41, 5.74) is 3.18. The van der Waals surface area contributed by atoms with Gasteiger partial charge in [0.1, 0.15) is 10.8 Å². The van der Waals surface area contributed by atoms with E-state index in [1.807, 2.05) is 42.6 Å². The van der Waals surface area contributed by atoms with E-state index in [2.05, 4.69) is 5.32 Å². The molecule has 9 heteroatoms. The first-order valence-electron chi connectivity index (χ1n) is 14.4. The van der Waals surface area contributed by atoms with E-state index in [1.165, 1.54) is 17.8 Å². The van der Waals surface area contributed by atoms with Crippen LogP contribution in [0, 0.1) is 5.92 Å². The summed E-state index contributed by atoms with van der Waals surface area (Å²) in [6.07, 6.45) is 8.74. The number of ether oxygens (including phenoxy) is 3. The zero-order valence-corrected chi connectivity index (χ0v) is 25.6. The molecule has 0 spiro atoms. The fraction of sp³-hybridized carbons (Fsp3) is 0.500. The standard InChI is InChI=1S/C32H42N2O6S/c1-6-38-31(36)22(4)17-21(3)18-26-20-41-30(33-26)28(34-29(35)25-11-9-8-10-12-25)19-24-13-15-27(16-14-24)40-23(5)32(37)39-7-2/h13-18,20,23,25,28H,6-12,19H2,1-5H3,(H,34,35)/t23?,28-/m0/s1. The normalized spacial score (nSPS) is 16.0. The van der Waals surface area contributed by atoms with Crippen molar-refractivity contribution in [3.63, 3.8) is 0 Å².